The van der Waals surface area contributed by atoms with Gasteiger partial charge >= 0.3 is 5.97 Å². The summed E-state index contributed by atoms with van der Waals surface area (Å²) in [4.78, 5) is 24.4. The predicted molar refractivity (Wildman–Crippen MR) is 139 cm³/mol. The van der Waals surface area contributed by atoms with Gasteiger partial charge in [0, 0.05) is 35.5 Å². The number of carbonyl (C=O) groups excluding carboxylic acids is 2. The van der Waals surface area contributed by atoms with Crippen LogP contribution in [0.2, 0.25) is 0 Å². The average Bonchev–Trinajstić information content (AvgIpc) is 3.26. The average molecular weight is 480 g/mol. The molecule has 0 saturated carbocycles. The Bertz CT molecular complexity index is 1150. The largest absolute Gasteiger partial charge is 0.493 e. The highest BCUT2D eigenvalue weighted by atomic mass is 16.5. The first-order valence-electron chi connectivity index (χ1n) is 12.6. The van der Waals surface area contributed by atoms with E-state index < -0.39 is 0 Å². The second-order valence-electron chi connectivity index (χ2n) is 9.00. The zero-order valence-corrected chi connectivity index (χ0v) is 21.5. The molecule has 1 unspecified atom stereocenters. The third kappa shape index (κ3) is 6.65. The van der Waals surface area contributed by atoms with Gasteiger partial charge in [0.15, 0.2) is 5.78 Å². The molecular weight excluding hydrogens is 442 g/mol. The first-order valence-corrected chi connectivity index (χ1v) is 12.6. The highest BCUT2D eigenvalue weighted by molar-refractivity contribution is 5.96. The van der Waals surface area contributed by atoms with Crippen LogP contribution in [0.15, 0.2) is 48.7 Å². The van der Waals surface area contributed by atoms with E-state index in [0.717, 1.165) is 46.4 Å². The van der Waals surface area contributed by atoms with E-state index in [1.807, 2.05) is 74.0 Å². The van der Waals surface area contributed by atoms with Gasteiger partial charge in [-0.15, -0.1) is 0 Å². The van der Waals surface area contributed by atoms with Gasteiger partial charge in [-0.1, -0.05) is 20.8 Å². The third-order valence-electron chi connectivity index (χ3n) is 5.98. The van der Waals surface area contributed by atoms with Crippen LogP contribution < -0.4 is 9.47 Å². The number of Topliss-reactive ketones (excluding diaryl/α,β-unsaturated/α-hetero) is 1. The second-order valence-corrected chi connectivity index (χ2v) is 9.00. The van der Waals surface area contributed by atoms with Crippen molar-refractivity contribution in [3.63, 3.8) is 0 Å². The number of carbonyl (C=O) groups is 2. The van der Waals surface area contributed by atoms with Crippen molar-refractivity contribution < 1.29 is 23.8 Å². The molecule has 0 spiro atoms. The maximum atomic E-state index is 12.3. The number of esters is 1. The van der Waals surface area contributed by atoms with E-state index in [9.17, 15) is 9.59 Å². The topological polar surface area (TPSA) is 66.8 Å². The molecule has 0 saturated heterocycles. The number of ketones is 1. The molecule has 35 heavy (non-hydrogen) atoms. The quantitative estimate of drug-likeness (QED) is 0.155. The molecule has 1 heterocycles. The van der Waals surface area contributed by atoms with E-state index in [-0.39, 0.29) is 23.7 Å². The Morgan fingerprint density at radius 1 is 0.943 bits per heavy atom. The molecule has 1 aromatic heterocycles. The zero-order valence-electron chi connectivity index (χ0n) is 21.5. The first-order chi connectivity index (χ1) is 16.8. The molecule has 6 heteroatoms. The minimum absolute atomic E-state index is 0.178. The van der Waals surface area contributed by atoms with Gasteiger partial charge in [0.1, 0.15) is 17.5 Å². The molecule has 0 bridgehead atoms. The lowest BCUT2D eigenvalue weighted by Gasteiger charge is -2.16. The Morgan fingerprint density at radius 2 is 1.71 bits per heavy atom. The Balaban J connectivity index is 1.54. The number of nitrogens with zero attached hydrogens (tertiary/aromatic N) is 1. The fourth-order valence-electron chi connectivity index (χ4n) is 4.05. The summed E-state index contributed by atoms with van der Waals surface area (Å²) in [5.41, 5.74) is 2.77. The van der Waals surface area contributed by atoms with Crippen LogP contribution in [0.5, 0.6) is 11.5 Å². The van der Waals surface area contributed by atoms with E-state index in [4.69, 9.17) is 14.2 Å². The van der Waals surface area contributed by atoms with Gasteiger partial charge in [0.25, 0.3) is 0 Å². The zero-order chi connectivity index (χ0) is 25.4. The number of hydrogen-bond donors (Lipinski definition) is 0. The lowest BCUT2D eigenvalue weighted by atomic mass is 9.97. The summed E-state index contributed by atoms with van der Waals surface area (Å²) in [6.45, 7) is 11.3. The van der Waals surface area contributed by atoms with Gasteiger partial charge in [0.2, 0.25) is 0 Å². The van der Waals surface area contributed by atoms with Crippen LogP contribution in [-0.2, 0) is 9.53 Å². The van der Waals surface area contributed by atoms with Crippen molar-refractivity contribution in [1.82, 2.24) is 4.57 Å². The fraction of sp³-hybridized carbons (Fsp3) is 0.448. The summed E-state index contributed by atoms with van der Waals surface area (Å²) >= 11 is 0. The number of aromatic nitrogens is 1. The maximum Gasteiger partial charge on any atom is 0.328 e. The van der Waals surface area contributed by atoms with Crippen molar-refractivity contribution in [3.8, 4) is 11.5 Å². The van der Waals surface area contributed by atoms with E-state index >= 15 is 0 Å². The summed E-state index contributed by atoms with van der Waals surface area (Å²) in [6, 6.07) is 13.2. The standard InChI is InChI=1S/C29H37NO5/c1-6-9-27(31)23-10-13-28(25(19-23)20(3)4)35-17-8-16-34-24-11-12-26-22(18-24)14-15-30(26)21(5)29(32)33-7-2/h10-15,18-21H,6-9,16-17H2,1-5H3. The van der Waals surface area contributed by atoms with Crippen molar-refractivity contribution in [1.29, 1.82) is 0 Å². The Kier molecular flexibility index (Phi) is 9.35. The molecule has 0 N–H and O–H groups in total. The monoisotopic (exact) mass is 479 g/mol. The summed E-state index contributed by atoms with van der Waals surface area (Å²) in [6.07, 6.45) is 4.04. The second kappa shape index (κ2) is 12.4. The molecule has 188 valence electrons. The number of benzene rings is 2. The number of ether oxygens (including phenoxy) is 3. The molecule has 0 aliphatic rings. The van der Waals surface area contributed by atoms with Gasteiger partial charge in [-0.3, -0.25) is 4.79 Å². The lowest BCUT2D eigenvalue weighted by Crippen LogP contribution is -2.18. The highest BCUT2D eigenvalue weighted by Crippen LogP contribution is 2.29. The van der Waals surface area contributed by atoms with Gasteiger partial charge in [-0.05, 0) is 74.2 Å². The maximum absolute atomic E-state index is 12.3. The van der Waals surface area contributed by atoms with Crippen molar-refractivity contribution >= 4 is 22.7 Å². The van der Waals surface area contributed by atoms with E-state index in [2.05, 4.69) is 13.8 Å². The van der Waals surface area contributed by atoms with Gasteiger partial charge < -0.3 is 18.8 Å². The van der Waals surface area contributed by atoms with Crippen molar-refractivity contribution in [3.05, 3.63) is 59.8 Å². The molecule has 6 nitrogen and oxygen atoms in total. The van der Waals surface area contributed by atoms with Crippen molar-refractivity contribution in [2.75, 3.05) is 19.8 Å². The van der Waals surface area contributed by atoms with Crippen molar-refractivity contribution in [2.24, 2.45) is 0 Å². The third-order valence-corrected chi connectivity index (χ3v) is 5.98. The molecule has 3 rings (SSSR count). The highest BCUT2D eigenvalue weighted by Gasteiger charge is 2.18. The fourth-order valence-corrected chi connectivity index (χ4v) is 4.05. The summed E-state index contributed by atoms with van der Waals surface area (Å²) < 4.78 is 19.0. The smallest absolute Gasteiger partial charge is 0.328 e. The van der Waals surface area contributed by atoms with Crippen LogP contribution in [-0.4, -0.2) is 36.1 Å². The van der Waals surface area contributed by atoms with E-state index in [1.165, 1.54) is 0 Å². The first kappa shape index (κ1) is 26.3. The van der Waals surface area contributed by atoms with E-state index in [1.54, 1.807) is 0 Å². The van der Waals surface area contributed by atoms with Crippen LogP contribution in [0.25, 0.3) is 10.9 Å². The van der Waals surface area contributed by atoms with Crippen LogP contribution >= 0.6 is 0 Å². The van der Waals surface area contributed by atoms with E-state index in [0.29, 0.717) is 26.2 Å². The number of rotatable bonds is 13. The molecule has 1 atom stereocenters. The van der Waals surface area contributed by atoms with Crippen LogP contribution in [0.1, 0.15) is 81.8 Å². The van der Waals surface area contributed by atoms with Gasteiger partial charge in [-0.2, -0.15) is 0 Å². The Labute approximate surface area is 208 Å². The van der Waals surface area contributed by atoms with Crippen LogP contribution in [0.4, 0.5) is 0 Å². The predicted octanol–water partition coefficient (Wildman–Crippen LogP) is 6.72. The normalized spacial score (nSPS) is 12.1. The number of hydrogen-bond acceptors (Lipinski definition) is 5. The Hall–Kier alpha value is -3.28. The Morgan fingerprint density at radius 3 is 2.43 bits per heavy atom. The minimum Gasteiger partial charge on any atom is -0.493 e. The SMILES string of the molecule is CCCC(=O)c1ccc(OCCCOc2ccc3c(ccn3C(C)C(=O)OCC)c2)c(C(C)C)c1. The van der Waals surface area contributed by atoms with Gasteiger partial charge in [-0.25, -0.2) is 4.79 Å². The summed E-state index contributed by atoms with van der Waals surface area (Å²) in [5.74, 6) is 1.80. The van der Waals surface area contributed by atoms with Crippen LogP contribution in [0, 0.1) is 0 Å². The summed E-state index contributed by atoms with van der Waals surface area (Å²) in [7, 11) is 0. The summed E-state index contributed by atoms with van der Waals surface area (Å²) in [5, 5.41) is 1.01. The molecule has 0 radical (unpaired) electrons. The molecule has 2 aromatic carbocycles. The molecule has 0 amide bonds. The molecule has 0 aliphatic heterocycles. The van der Waals surface area contributed by atoms with Crippen molar-refractivity contribution in [2.45, 2.75) is 65.8 Å². The number of fused-ring (bicyclic) bond motifs is 1. The molecule has 3 aromatic rings. The molecular formula is C29H37NO5. The minimum atomic E-state index is -0.383. The van der Waals surface area contributed by atoms with Crippen LogP contribution in [0.3, 0.4) is 0 Å². The van der Waals surface area contributed by atoms with Gasteiger partial charge in [0.05, 0.1) is 19.8 Å². The molecule has 0 aliphatic carbocycles. The lowest BCUT2D eigenvalue weighted by molar-refractivity contribution is -0.146. The molecule has 0 fully saturated rings.